The molecule has 0 unspecified atom stereocenters. The molecule has 7 nitrogen and oxygen atoms in total. The van der Waals surface area contributed by atoms with E-state index in [0.717, 1.165) is 5.69 Å². The van der Waals surface area contributed by atoms with Crippen LogP contribution in [0, 0.1) is 0 Å². The Kier molecular flexibility index (Phi) is 7.68. The number of ether oxygens (including phenoxy) is 3. The van der Waals surface area contributed by atoms with E-state index in [4.69, 9.17) is 14.2 Å². The van der Waals surface area contributed by atoms with Gasteiger partial charge in [-0.15, -0.1) is 0 Å². The van der Waals surface area contributed by atoms with Gasteiger partial charge < -0.3 is 24.4 Å². The Labute approximate surface area is 165 Å². The van der Waals surface area contributed by atoms with Crippen LogP contribution in [0.25, 0.3) is 0 Å². The molecule has 0 bridgehead atoms. The molecule has 0 fully saturated rings. The third-order valence-electron chi connectivity index (χ3n) is 4.26. The van der Waals surface area contributed by atoms with Crippen LogP contribution < -0.4 is 24.4 Å². The molecule has 7 heteroatoms. The molecule has 0 radical (unpaired) electrons. The lowest BCUT2D eigenvalue weighted by Gasteiger charge is -2.17. The fraction of sp³-hybridized carbons (Fsp3) is 0.333. The zero-order chi connectivity index (χ0) is 20.5. The lowest BCUT2D eigenvalue weighted by atomic mass is 10.2. The minimum Gasteiger partial charge on any atom is -0.493 e. The van der Waals surface area contributed by atoms with Crippen molar-refractivity contribution >= 4 is 23.2 Å². The van der Waals surface area contributed by atoms with Crippen LogP contribution in [0.5, 0.6) is 17.2 Å². The quantitative estimate of drug-likeness (QED) is 0.714. The Morgan fingerprint density at radius 1 is 0.929 bits per heavy atom. The third kappa shape index (κ3) is 5.39. The van der Waals surface area contributed by atoms with E-state index in [2.05, 4.69) is 5.32 Å². The monoisotopic (exact) mass is 386 g/mol. The topological polar surface area (TPSA) is 77.1 Å². The summed E-state index contributed by atoms with van der Waals surface area (Å²) >= 11 is 0. The summed E-state index contributed by atoms with van der Waals surface area (Å²) in [4.78, 5) is 26.1. The zero-order valence-corrected chi connectivity index (χ0v) is 16.7. The predicted octanol–water partition coefficient (Wildman–Crippen LogP) is 3.48. The highest BCUT2D eigenvalue weighted by molar-refractivity contribution is 5.94. The number of benzene rings is 2. The van der Waals surface area contributed by atoms with E-state index >= 15 is 0 Å². The van der Waals surface area contributed by atoms with Crippen molar-refractivity contribution in [3.05, 3.63) is 42.5 Å². The number of carbonyl (C=O) groups excluding carboxylic acids is 2. The van der Waals surface area contributed by atoms with Crippen LogP contribution in [0.2, 0.25) is 0 Å². The summed E-state index contributed by atoms with van der Waals surface area (Å²) in [5.41, 5.74) is 1.36. The molecule has 0 aliphatic rings. The van der Waals surface area contributed by atoms with Crippen LogP contribution in [0.15, 0.2) is 42.5 Å². The van der Waals surface area contributed by atoms with Gasteiger partial charge in [0.15, 0.2) is 11.5 Å². The van der Waals surface area contributed by atoms with E-state index in [1.807, 2.05) is 30.3 Å². The molecule has 0 saturated carbocycles. The molecule has 28 heavy (non-hydrogen) atoms. The number of rotatable bonds is 9. The number of hydrogen-bond acceptors (Lipinski definition) is 5. The van der Waals surface area contributed by atoms with E-state index in [1.54, 1.807) is 24.1 Å². The summed E-state index contributed by atoms with van der Waals surface area (Å²) in [5.74, 6) is 1.14. The molecule has 150 valence electrons. The number of nitrogens with one attached hydrogen (secondary N) is 1. The predicted molar refractivity (Wildman–Crippen MR) is 108 cm³/mol. The first-order chi connectivity index (χ1) is 13.5. The Bertz CT molecular complexity index is 783. The fourth-order valence-corrected chi connectivity index (χ4v) is 2.74. The van der Waals surface area contributed by atoms with Gasteiger partial charge in [0.2, 0.25) is 17.6 Å². The van der Waals surface area contributed by atoms with Gasteiger partial charge in [0, 0.05) is 43.4 Å². The van der Waals surface area contributed by atoms with Crippen molar-refractivity contribution in [2.75, 3.05) is 38.6 Å². The van der Waals surface area contributed by atoms with E-state index in [-0.39, 0.29) is 24.7 Å². The van der Waals surface area contributed by atoms with Crippen LogP contribution in [-0.4, -0.2) is 40.2 Å². The Balaban J connectivity index is 1.90. The highest BCUT2D eigenvalue weighted by Gasteiger charge is 2.15. The second-order valence-corrected chi connectivity index (χ2v) is 6.10. The van der Waals surface area contributed by atoms with Gasteiger partial charge in [-0.3, -0.25) is 9.59 Å². The summed E-state index contributed by atoms with van der Waals surface area (Å²) < 4.78 is 15.8. The summed E-state index contributed by atoms with van der Waals surface area (Å²) in [6, 6.07) is 12.7. The second kappa shape index (κ2) is 10.2. The van der Waals surface area contributed by atoms with Gasteiger partial charge in [-0.05, 0) is 18.6 Å². The maximum absolute atomic E-state index is 12.3. The van der Waals surface area contributed by atoms with Gasteiger partial charge in [-0.25, -0.2) is 0 Å². The van der Waals surface area contributed by atoms with Gasteiger partial charge in [0.1, 0.15) is 0 Å². The average Bonchev–Trinajstić information content (AvgIpc) is 2.72. The Morgan fingerprint density at radius 2 is 1.54 bits per heavy atom. The van der Waals surface area contributed by atoms with Gasteiger partial charge in [0.25, 0.3) is 0 Å². The van der Waals surface area contributed by atoms with Crippen molar-refractivity contribution in [1.29, 1.82) is 0 Å². The molecule has 2 aromatic rings. The normalized spacial score (nSPS) is 10.1. The van der Waals surface area contributed by atoms with Crippen molar-refractivity contribution < 1.29 is 23.8 Å². The van der Waals surface area contributed by atoms with E-state index in [0.29, 0.717) is 29.4 Å². The molecule has 0 atom stereocenters. The van der Waals surface area contributed by atoms with Crippen molar-refractivity contribution in [3.63, 3.8) is 0 Å². The van der Waals surface area contributed by atoms with Crippen molar-refractivity contribution in [1.82, 2.24) is 0 Å². The molecule has 2 amide bonds. The van der Waals surface area contributed by atoms with E-state index in [9.17, 15) is 9.59 Å². The lowest BCUT2D eigenvalue weighted by Crippen LogP contribution is -2.26. The van der Waals surface area contributed by atoms with Gasteiger partial charge in [-0.2, -0.15) is 0 Å². The molecule has 0 saturated heterocycles. The standard InChI is InChI=1S/C21H26N2O5/c1-23(16-9-6-5-7-10-16)20(25)12-8-11-19(24)22-15-13-17(26-2)21(28-4)18(14-15)27-3/h5-7,9-10,13-14H,8,11-12H2,1-4H3,(H,22,24). The smallest absolute Gasteiger partial charge is 0.226 e. The molecular weight excluding hydrogens is 360 g/mol. The Hall–Kier alpha value is -3.22. The summed E-state index contributed by atoms with van der Waals surface area (Å²) in [6.45, 7) is 0. The lowest BCUT2D eigenvalue weighted by molar-refractivity contribution is -0.118. The van der Waals surface area contributed by atoms with Crippen molar-refractivity contribution in [2.24, 2.45) is 0 Å². The number of carbonyl (C=O) groups is 2. The SMILES string of the molecule is COc1cc(NC(=O)CCCC(=O)N(C)c2ccccc2)cc(OC)c1OC. The summed E-state index contributed by atoms with van der Waals surface area (Å²) in [7, 11) is 6.27. The molecule has 0 spiro atoms. The molecule has 0 aliphatic heterocycles. The highest BCUT2D eigenvalue weighted by Crippen LogP contribution is 2.39. The largest absolute Gasteiger partial charge is 0.493 e. The molecule has 0 aliphatic carbocycles. The zero-order valence-electron chi connectivity index (χ0n) is 16.7. The minimum atomic E-state index is -0.190. The number of methoxy groups -OCH3 is 3. The molecule has 1 N–H and O–H groups in total. The molecule has 2 rings (SSSR count). The van der Waals surface area contributed by atoms with E-state index in [1.165, 1.54) is 21.3 Å². The van der Waals surface area contributed by atoms with Crippen LogP contribution in [-0.2, 0) is 9.59 Å². The maximum atomic E-state index is 12.3. The Morgan fingerprint density at radius 3 is 2.07 bits per heavy atom. The first kappa shape index (κ1) is 21.1. The van der Waals surface area contributed by atoms with Gasteiger partial charge in [0.05, 0.1) is 21.3 Å². The van der Waals surface area contributed by atoms with Crippen molar-refractivity contribution in [2.45, 2.75) is 19.3 Å². The first-order valence-corrected chi connectivity index (χ1v) is 8.91. The number of amides is 2. The number of hydrogen-bond donors (Lipinski definition) is 1. The van der Waals surface area contributed by atoms with Crippen molar-refractivity contribution in [3.8, 4) is 17.2 Å². The molecule has 0 heterocycles. The van der Waals surface area contributed by atoms with Crippen LogP contribution in [0.3, 0.4) is 0 Å². The second-order valence-electron chi connectivity index (χ2n) is 6.10. The average molecular weight is 386 g/mol. The summed E-state index contributed by atoms with van der Waals surface area (Å²) in [5, 5.41) is 2.80. The number of nitrogens with zero attached hydrogens (tertiary/aromatic N) is 1. The fourth-order valence-electron chi connectivity index (χ4n) is 2.74. The van der Waals surface area contributed by atoms with Crippen LogP contribution in [0.1, 0.15) is 19.3 Å². The van der Waals surface area contributed by atoms with E-state index < -0.39 is 0 Å². The van der Waals surface area contributed by atoms with Crippen LogP contribution in [0.4, 0.5) is 11.4 Å². The minimum absolute atomic E-state index is 0.0354. The maximum Gasteiger partial charge on any atom is 0.226 e. The number of para-hydroxylation sites is 1. The third-order valence-corrected chi connectivity index (χ3v) is 4.26. The van der Waals surface area contributed by atoms with Gasteiger partial charge in [-0.1, -0.05) is 18.2 Å². The first-order valence-electron chi connectivity index (χ1n) is 8.91. The van der Waals surface area contributed by atoms with Crippen LogP contribution >= 0.6 is 0 Å². The molecular formula is C21H26N2O5. The number of anilines is 2. The summed E-state index contributed by atoms with van der Waals surface area (Å²) in [6.07, 6.45) is 0.964. The molecule has 0 aromatic heterocycles. The molecule has 2 aromatic carbocycles. The highest BCUT2D eigenvalue weighted by atomic mass is 16.5. The van der Waals surface area contributed by atoms with Gasteiger partial charge >= 0.3 is 0 Å².